The van der Waals surface area contributed by atoms with Crippen molar-refractivity contribution >= 4 is 34.0 Å². The Labute approximate surface area is 246 Å². The van der Waals surface area contributed by atoms with Crippen molar-refractivity contribution in [2.45, 2.75) is 25.4 Å². The second kappa shape index (κ2) is 10.3. The number of hydrogen-bond donors (Lipinski definition) is 0. The van der Waals surface area contributed by atoms with E-state index < -0.39 is 11.8 Å². The molecule has 6 nitrogen and oxygen atoms in total. The maximum absolute atomic E-state index is 13.8. The zero-order valence-corrected chi connectivity index (χ0v) is 24.0. The fourth-order valence-corrected chi connectivity index (χ4v) is 6.90. The van der Waals surface area contributed by atoms with Crippen LogP contribution in [0.3, 0.4) is 0 Å². The average molecular weight is 608 g/mol. The number of imide groups is 1. The molecule has 0 radical (unpaired) electrons. The summed E-state index contributed by atoms with van der Waals surface area (Å²) < 4.78 is 12.9. The summed E-state index contributed by atoms with van der Waals surface area (Å²) in [7, 11) is 0. The standard InChI is InChI=1S/C34H27BrN2O4/c1-2-40-28-17-21(13-16-27(28)41-19-20-11-14-22(35)15-12-20)18-36-37-33(38)31-29-23-7-3-4-8-24(23)30(32(31)34(37)39)26-10-6-5-9-25(26)29/h3-18,29-32H,2,19H2,1H3/b36-18-/t29?,30?,31-,32+. The van der Waals surface area contributed by atoms with Crippen LogP contribution in [0.4, 0.5) is 0 Å². The molecule has 0 unspecified atom stereocenters. The third-order valence-corrected chi connectivity index (χ3v) is 8.85. The highest BCUT2D eigenvalue weighted by Gasteiger charge is 2.61. The van der Waals surface area contributed by atoms with Crippen LogP contribution >= 0.6 is 15.9 Å². The van der Waals surface area contributed by atoms with E-state index in [0.717, 1.165) is 37.3 Å². The lowest BCUT2D eigenvalue weighted by Crippen LogP contribution is -2.41. The molecule has 0 N–H and O–H groups in total. The number of halogens is 1. The summed E-state index contributed by atoms with van der Waals surface area (Å²) in [5.74, 6) is -0.514. The Kier molecular flexibility index (Phi) is 6.47. The van der Waals surface area contributed by atoms with Crippen LogP contribution in [-0.4, -0.2) is 29.6 Å². The van der Waals surface area contributed by atoms with Gasteiger partial charge in [0.2, 0.25) is 0 Å². The van der Waals surface area contributed by atoms with E-state index in [1.807, 2.05) is 73.7 Å². The maximum atomic E-state index is 13.8. The second-order valence-electron chi connectivity index (χ2n) is 10.6. The molecule has 7 heteroatoms. The van der Waals surface area contributed by atoms with Gasteiger partial charge in [-0.3, -0.25) is 9.59 Å². The maximum Gasteiger partial charge on any atom is 0.254 e. The predicted octanol–water partition coefficient (Wildman–Crippen LogP) is 6.65. The van der Waals surface area contributed by atoms with Gasteiger partial charge in [0.05, 0.1) is 24.7 Å². The van der Waals surface area contributed by atoms with E-state index in [-0.39, 0.29) is 23.7 Å². The van der Waals surface area contributed by atoms with Crippen molar-refractivity contribution < 1.29 is 19.1 Å². The first-order valence-corrected chi connectivity index (χ1v) is 14.6. The average Bonchev–Trinajstić information content (AvgIpc) is 3.26. The summed E-state index contributed by atoms with van der Waals surface area (Å²) in [6.45, 7) is 2.77. The Balaban J connectivity index is 1.16. The van der Waals surface area contributed by atoms with Crippen LogP contribution in [-0.2, 0) is 16.2 Å². The van der Waals surface area contributed by atoms with Crippen LogP contribution < -0.4 is 9.47 Å². The first kappa shape index (κ1) is 25.7. The monoisotopic (exact) mass is 606 g/mol. The lowest BCUT2D eigenvalue weighted by Gasteiger charge is -2.45. The molecule has 41 heavy (non-hydrogen) atoms. The molecule has 1 aliphatic heterocycles. The van der Waals surface area contributed by atoms with E-state index in [2.05, 4.69) is 45.3 Å². The van der Waals surface area contributed by atoms with Crippen molar-refractivity contribution in [1.82, 2.24) is 5.01 Å². The molecule has 4 aromatic carbocycles. The largest absolute Gasteiger partial charge is 0.490 e. The molecule has 4 aliphatic rings. The lowest BCUT2D eigenvalue weighted by atomic mass is 9.55. The van der Waals surface area contributed by atoms with E-state index in [4.69, 9.17) is 9.47 Å². The Morgan fingerprint density at radius 2 is 1.32 bits per heavy atom. The molecular weight excluding hydrogens is 580 g/mol. The molecule has 2 atom stereocenters. The number of rotatable bonds is 7. The minimum Gasteiger partial charge on any atom is -0.490 e. The summed E-state index contributed by atoms with van der Waals surface area (Å²) in [6.07, 6.45) is 1.55. The Bertz CT molecular complexity index is 1580. The van der Waals surface area contributed by atoms with Gasteiger partial charge in [-0.1, -0.05) is 76.6 Å². The molecule has 0 spiro atoms. The van der Waals surface area contributed by atoms with Gasteiger partial charge in [0.25, 0.3) is 11.8 Å². The number of carbonyl (C=O) groups excluding carboxylic acids is 2. The highest BCUT2D eigenvalue weighted by atomic mass is 79.9. The van der Waals surface area contributed by atoms with Gasteiger partial charge in [-0.15, -0.1) is 0 Å². The van der Waals surface area contributed by atoms with Gasteiger partial charge in [0, 0.05) is 16.3 Å². The van der Waals surface area contributed by atoms with E-state index in [1.165, 1.54) is 0 Å². The van der Waals surface area contributed by atoms with Crippen molar-refractivity contribution in [2.24, 2.45) is 16.9 Å². The number of ether oxygens (including phenoxy) is 2. The first-order chi connectivity index (χ1) is 20.0. The second-order valence-corrected chi connectivity index (χ2v) is 11.5. The van der Waals surface area contributed by atoms with E-state index in [9.17, 15) is 9.59 Å². The van der Waals surface area contributed by atoms with Gasteiger partial charge in [-0.05, 0) is 70.6 Å². The Hall–Kier alpha value is -4.23. The van der Waals surface area contributed by atoms with Crippen LogP contribution in [0.5, 0.6) is 11.5 Å². The molecule has 4 aromatic rings. The van der Waals surface area contributed by atoms with E-state index in [1.54, 1.807) is 6.21 Å². The van der Waals surface area contributed by atoms with E-state index >= 15 is 0 Å². The van der Waals surface area contributed by atoms with Gasteiger partial charge >= 0.3 is 0 Å². The summed E-state index contributed by atoms with van der Waals surface area (Å²) in [5.41, 5.74) is 6.31. The number of benzene rings is 4. The molecular formula is C34H27BrN2O4. The van der Waals surface area contributed by atoms with E-state index in [0.29, 0.717) is 30.3 Å². The van der Waals surface area contributed by atoms with Crippen molar-refractivity contribution in [3.63, 3.8) is 0 Å². The third-order valence-electron chi connectivity index (χ3n) is 8.32. The fraction of sp³-hybridized carbons (Fsp3) is 0.206. The molecule has 2 amide bonds. The van der Waals surface area contributed by atoms with Crippen LogP contribution in [0.25, 0.3) is 0 Å². The quantitative estimate of drug-likeness (QED) is 0.174. The van der Waals surface area contributed by atoms with Gasteiger partial charge in [0.15, 0.2) is 11.5 Å². The number of hydrazone groups is 1. The van der Waals surface area contributed by atoms with Gasteiger partial charge < -0.3 is 9.47 Å². The molecule has 3 aliphatic carbocycles. The molecule has 8 rings (SSSR count). The molecule has 204 valence electrons. The number of nitrogens with zero attached hydrogens (tertiary/aromatic N) is 2. The predicted molar refractivity (Wildman–Crippen MR) is 159 cm³/mol. The zero-order valence-electron chi connectivity index (χ0n) is 22.4. The molecule has 0 saturated carbocycles. The minimum atomic E-state index is -0.456. The third kappa shape index (κ3) is 4.27. The van der Waals surface area contributed by atoms with Crippen LogP contribution in [0.15, 0.2) is 101 Å². The molecule has 1 saturated heterocycles. The Morgan fingerprint density at radius 3 is 1.85 bits per heavy atom. The smallest absolute Gasteiger partial charge is 0.254 e. The van der Waals surface area contributed by atoms with Crippen LogP contribution in [0, 0.1) is 11.8 Å². The van der Waals surface area contributed by atoms with Crippen molar-refractivity contribution in [3.05, 3.63) is 129 Å². The fourth-order valence-electron chi connectivity index (χ4n) is 6.63. The molecule has 1 heterocycles. The van der Waals surface area contributed by atoms with Gasteiger partial charge in [-0.2, -0.15) is 10.1 Å². The van der Waals surface area contributed by atoms with Crippen molar-refractivity contribution in [1.29, 1.82) is 0 Å². The van der Waals surface area contributed by atoms with Crippen molar-refractivity contribution in [3.8, 4) is 11.5 Å². The highest BCUT2D eigenvalue weighted by Crippen LogP contribution is 2.60. The SMILES string of the molecule is CCOc1cc(/C=N\N2C(=O)[C@@H]3C4c5ccccc5C(c5ccccc54)[C@@H]3C2=O)ccc1OCc1ccc(Br)cc1. The summed E-state index contributed by atoms with van der Waals surface area (Å²) in [4.78, 5) is 27.6. The van der Waals surface area contributed by atoms with Crippen LogP contribution in [0.2, 0.25) is 0 Å². The molecule has 1 fully saturated rings. The summed E-state index contributed by atoms with van der Waals surface area (Å²) in [6, 6.07) is 29.9. The number of hydrogen-bond acceptors (Lipinski definition) is 5. The molecule has 0 aromatic heterocycles. The van der Waals surface area contributed by atoms with Gasteiger partial charge in [-0.25, -0.2) is 0 Å². The zero-order chi connectivity index (χ0) is 28.1. The summed E-state index contributed by atoms with van der Waals surface area (Å²) >= 11 is 3.45. The highest BCUT2D eigenvalue weighted by molar-refractivity contribution is 9.10. The van der Waals surface area contributed by atoms with Crippen molar-refractivity contribution in [2.75, 3.05) is 6.61 Å². The summed E-state index contributed by atoms with van der Waals surface area (Å²) in [5, 5.41) is 5.53. The Morgan fingerprint density at radius 1 is 0.756 bits per heavy atom. The van der Waals surface area contributed by atoms with Crippen LogP contribution in [0.1, 0.15) is 52.1 Å². The normalized spacial score (nSPS) is 22.0. The number of carbonyl (C=O) groups is 2. The minimum absolute atomic E-state index is 0.152. The lowest BCUT2D eigenvalue weighted by molar-refractivity contribution is -0.139. The topological polar surface area (TPSA) is 68.2 Å². The number of amides is 2. The van der Waals surface area contributed by atoms with Gasteiger partial charge in [0.1, 0.15) is 6.61 Å². The molecule has 2 bridgehead atoms. The first-order valence-electron chi connectivity index (χ1n) is 13.8.